The van der Waals surface area contributed by atoms with Crippen LogP contribution in [0.15, 0.2) is 33.9 Å². The molecule has 6 heteroatoms. The van der Waals surface area contributed by atoms with Crippen molar-refractivity contribution < 1.29 is 8.81 Å². The highest BCUT2D eigenvalue weighted by molar-refractivity contribution is 7.98. The van der Waals surface area contributed by atoms with Crippen molar-refractivity contribution in [1.82, 2.24) is 15.5 Å². The van der Waals surface area contributed by atoms with E-state index in [0.717, 1.165) is 37.4 Å². The Morgan fingerprint density at radius 2 is 2.15 bits per heavy atom. The van der Waals surface area contributed by atoms with E-state index < -0.39 is 0 Å². The van der Waals surface area contributed by atoms with Crippen LogP contribution in [-0.2, 0) is 5.75 Å². The topological polar surface area (TPSA) is 51.0 Å². The van der Waals surface area contributed by atoms with Crippen molar-refractivity contribution in [1.29, 1.82) is 0 Å². The lowest BCUT2D eigenvalue weighted by molar-refractivity contribution is 0.342. The molecule has 0 unspecified atom stereocenters. The summed E-state index contributed by atoms with van der Waals surface area (Å²) in [5.41, 5.74) is 0.914. The quantitative estimate of drug-likeness (QED) is 0.878. The van der Waals surface area contributed by atoms with Crippen LogP contribution in [0.4, 0.5) is 4.39 Å². The molecule has 1 aromatic heterocycles. The number of rotatable bonds is 4. The van der Waals surface area contributed by atoms with E-state index in [2.05, 4.69) is 15.5 Å². The van der Waals surface area contributed by atoms with Gasteiger partial charge in [-0.3, -0.25) is 0 Å². The van der Waals surface area contributed by atoms with E-state index in [1.165, 1.54) is 23.9 Å². The Labute approximate surface area is 121 Å². The number of thioether (sulfide) groups is 1. The molecule has 0 bridgehead atoms. The molecule has 1 aliphatic rings. The number of piperidine rings is 1. The van der Waals surface area contributed by atoms with Crippen LogP contribution in [-0.4, -0.2) is 23.3 Å². The Kier molecular flexibility index (Phi) is 4.32. The second kappa shape index (κ2) is 6.37. The third kappa shape index (κ3) is 3.37. The zero-order valence-electron chi connectivity index (χ0n) is 11.0. The zero-order chi connectivity index (χ0) is 13.8. The second-order valence-electron chi connectivity index (χ2n) is 4.85. The van der Waals surface area contributed by atoms with Gasteiger partial charge in [0.1, 0.15) is 5.82 Å². The van der Waals surface area contributed by atoms with E-state index in [9.17, 15) is 4.39 Å². The van der Waals surface area contributed by atoms with Gasteiger partial charge in [-0.1, -0.05) is 23.9 Å². The van der Waals surface area contributed by atoms with Gasteiger partial charge >= 0.3 is 0 Å². The summed E-state index contributed by atoms with van der Waals surface area (Å²) in [6.45, 7) is 2.00. The predicted octanol–water partition coefficient (Wildman–Crippen LogP) is 2.97. The van der Waals surface area contributed by atoms with Crippen molar-refractivity contribution in [2.75, 3.05) is 13.1 Å². The van der Waals surface area contributed by atoms with Crippen LogP contribution in [0.1, 0.15) is 30.2 Å². The van der Waals surface area contributed by atoms with Gasteiger partial charge in [-0.05, 0) is 43.6 Å². The molecule has 1 aliphatic heterocycles. The van der Waals surface area contributed by atoms with Gasteiger partial charge in [0.25, 0.3) is 5.22 Å². The monoisotopic (exact) mass is 293 g/mol. The fraction of sp³-hybridized carbons (Fsp3) is 0.429. The Morgan fingerprint density at radius 1 is 1.30 bits per heavy atom. The van der Waals surface area contributed by atoms with Gasteiger partial charge in [0.15, 0.2) is 0 Å². The highest BCUT2D eigenvalue weighted by Gasteiger charge is 2.21. The van der Waals surface area contributed by atoms with Crippen LogP contribution >= 0.6 is 11.8 Å². The molecule has 1 fully saturated rings. The van der Waals surface area contributed by atoms with Gasteiger partial charge in [-0.2, -0.15) is 0 Å². The molecule has 0 aliphatic carbocycles. The smallest absolute Gasteiger partial charge is 0.276 e. The molecule has 1 aromatic carbocycles. The molecule has 1 saturated heterocycles. The number of halogens is 1. The maximum atomic E-state index is 13.1. The number of benzene rings is 1. The molecule has 2 heterocycles. The third-order valence-corrected chi connectivity index (χ3v) is 4.25. The van der Waals surface area contributed by atoms with Crippen molar-refractivity contribution in [2.45, 2.75) is 29.7 Å². The van der Waals surface area contributed by atoms with Crippen LogP contribution in [0.5, 0.6) is 0 Å². The summed E-state index contributed by atoms with van der Waals surface area (Å²) in [7, 11) is 0. The van der Waals surface area contributed by atoms with Crippen LogP contribution < -0.4 is 5.32 Å². The molecule has 0 amide bonds. The molecule has 0 saturated carbocycles. The maximum absolute atomic E-state index is 13.1. The summed E-state index contributed by atoms with van der Waals surface area (Å²) in [5.74, 6) is 1.51. The third-order valence-electron chi connectivity index (χ3n) is 3.36. The van der Waals surface area contributed by atoms with Gasteiger partial charge in [0.05, 0.1) is 0 Å². The van der Waals surface area contributed by atoms with Crippen molar-refractivity contribution in [3.63, 3.8) is 0 Å². The number of hydrogen-bond acceptors (Lipinski definition) is 5. The van der Waals surface area contributed by atoms with Gasteiger partial charge in [0.2, 0.25) is 5.89 Å². The van der Waals surface area contributed by atoms with Crippen LogP contribution in [0.25, 0.3) is 0 Å². The molecular weight excluding hydrogens is 277 g/mol. The molecule has 2 aromatic rings. The fourth-order valence-corrected chi connectivity index (χ4v) is 3.00. The average Bonchev–Trinajstić information content (AvgIpc) is 2.95. The molecule has 3 rings (SSSR count). The predicted molar refractivity (Wildman–Crippen MR) is 75.1 cm³/mol. The van der Waals surface area contributed by atoms with Gasteiger partial charge in [-0.15, -0.1) is 10.2 Å². The van der Waals surface area contributed by atoms with Crippen LogP contribution in [0.3, 0.4) is 0 Å². The lowest BCUT2D eigenvalue weighted by atomic mass is 9.98. The Bertz CT molecular complexity index is 569. The van der Waals surface area contributed by atoms with E-state index in [4.69, 9.17) is 4.42 Å². The highest BCUT2D eigenvalue weighted by atomic mass is 32.2. The van der Waals surface area contributed by atoms with Gasteiger partial charge in [-0.25, -0.2) is 4.39 Å². The summed E-state index contributed by atoms with van der Waals surface area (Å²) in [6, 6.07) is 6.56. The maximum Gasteiger partial charge on any atom is 0.276 e. The average molecular weight is 293 g/mol. The molecule has 106 valence electrons. The zero-order valence-corrected chi connectivity index (χ0v) is 11.8. The van der Waals surface area contributed by atoms with Crippen molar-refractivity contribution in [2.24, 2.45) is 0 Å². The molecular formula is C14H16FN3OS. The first-order valence-corrected chi connectivity index (χ1v) is 7.71. The molecule has 0 radical (unpaired) electrons. The molecule has 0 atom stereocenters. The van der Waals surface area contributed by atoms with Gasteiger partial charge in [0, 0.05) is 11.7 Å². The molecule has 20 heavy (non-hydrogen) atoms. The minimum absolute atomic E-state index is 0.218. The van der Waals surface area contributed by atoms with Crippen LogP contribution in [0.2, 0.25) is 0 Å². The van der Waals surface area contributed by atoms with E-state index >= 15 is 0 Å². The van der Waals surface area contributed by atoms with Crippen molar-refractivity contribution >= 4 is 11.8 Å². The van der Waals surface area contributed by atoms with Crippen molar-refractivity contribution in [3.05, 3.63) is 41.5 Å². The number of nitrogens with zero attached hydrogens (tertiary/aromatic N) is 2. The number of aromatic nitrogens is 2. The molecule has 4 nitrogen and oxygen atoms in total. The summed E-state index contributed by atoms with van der Waals surface area (Å²) >= 11 is 1.44. The summed E-state index contributed by atoms with van der Waals surface area (Å²) in [5, 5.41) is 12.1. The lowest BCUT2D eigenvalue weighted by Crippen LogP contribution is -2.26. The first-order chi connectivity index (χ1) is 9.81. The minimum Gasteiger partial charge on any atom is -0.416 e. The van der Waals surface area contributed by atoms with E-state index in [-0.39, 0.29) is 5.82 Å². The number of nitrogens with one attached hydrogen (secondary N) is 1. The van der Waals surface area contributed by atoms with E-state index in [1.807, 2.05) is 6.07 Å². The highest BCUT2D eigenvalue weighted by Crippen LogP contribution is 2.28. The standard InChI is InChI=1S/C14H16FN3OS/c15-12-3-1-2-10(8-12)9-20-14-18-17-13(19-14)11-4-6-16-7-5-11/h1-3,8,11,16H,4-7,9H2. The van der Waals surface area contributed by atoms with E-state index in [0.29, 0.717) is 16.9 Å². The molecule has 1 N–H and O–H groups in total. The Morgan fingerprint density at radius 3 is 2.95 bits per heavy atom. The first kappa shape index (κ1) is 13.6. The number of hydrogen-bond donors (Lipinski definition) is 1. The summed E-state index contributed by atoms with van der Waals surface area (Å²) in [6.07, 6.45) is 2.08. The summed E-state index contributed by atoms with van der Waals surface area (Å²) < 4.78 is 18.8. The lowest BCUT2D eigenvalue weighted by Gasteiger charge is -2.18. The second-order valence-corrected chi connectivity index (χ2v) is 5.78. The minimum atomic E-state index is -0.218. The SMILES string of the molecule is Fc1cccc(CSc2nnc(C3CCNCC3)o2)c1. The van der Waals surface area contributed by atoms with E-state index in [1.54, 1.807) is 6.07 Å². The van der Waals surface area contributed by atoms with Gasteiger partial charge < -0.3 is 9.73 Å². The normalized spacial score (nSPS) is 16.4. The summed E-state index contributed by atoms with van der Waals surface area (Å²) in [4.78, 5) is 0. The fourth-order valence-electron chi connectivity index (χ4n) is 2.28. The largest absolute Gasteiger partial charge is 0.416 e. The van der Waals surface area contributed by atoms with Crippen molar-refractivity contribution in [3.8, 4) is 0 Å². The van der Waals surface area contributed by atoms with Crippen LogP contribution in [0, 0.1) is 5.82 Å². The first-order valence-electron chi connectivity index (χ1n) is 6.72. The molecule has 0 spiro atoms. The Hall–Kier alpha value is -1.40. The Balaban J connectivity index is 1.59.